The first-order valence-corrected chi connectivity index (χ1v) is 6.83. The van der Waals surface area contributed by atoms with Gasteiger partial charge in [0.15, 0.2) is 6.61 Å². The first-order chi connectivity index (χ1) is 10.0. The number of thioether (sulfide) groups is 1. The molecule has 1 aromatic rings. The van der Waals surface area contributed by atoms with Gasteiger partial charge >= 0.3 is 5.97 Å². The van der Waals surface area contributed by atoms with E-state index in [1.807, 2.05) is 0 Å². The minimum atomic E-state index is -0.379. The van der Waals surface area contributed by atoms with Gasteiger partial charge in [-0.05, 0) is 35.5 Å². The lowest BCUT2D eigenvalue weighted by molar-refractivity contribution is -0.139. The molecule has 0 bridgehead atoms. The number of carbonyl (C=O) groups is 3. The van der Waals surface area contributed by atoms with Crippen molar-refractivity contribution < 1.29 is 19.1 Å². The highest BCUT2D eigenvalue weighted by atomic mass is 32.2. The molecule has 21 heavy (non-hydrogen) atoms. The zero-order chi connectivity index (χ0) is 15.2. The fourth-order valence-corrected chi connectivity index (χ4v) is 2.19. The summed E-state index contributed by atoms with van der Waals surface area (Å²) in [7, 11) is 0. The summed E-state index contributed by atoms with van der Waals surface area (Å²) in [6.45, 7) is 1.38. The van der Waals surface area contributed by atoms with Gasteiger partial charge in [-0.15, -0.1) is 0 Å². The third-order valence-corrected chi connectivity index (χ3v) is 3.24. The van der Waals surface area contributed by atoms with E-state index in [-0.39, 0.29) is 23.7 Å². The van der Waals surface area contributed by atoms with Crippen molar-refractivity contribution >= 4 is 35.0 Å². The van der Waals surface area contributed by atoms with Crippen LogP contribution in [0.1, 0.15) is 18.1 Å². The summed E-state index contributed by atoms with van der Waals surface area (Å²) in [5, 5.41) is 1.83. The third-order valence-electron chi connectivity index (χ3n) is 2.43. The Kier molecular flexibility index (Phi) is 4.80. The van der Waals surface area contributed by atoms with Crippen LogP contribution in [0.2, 0.25) is 0 Å². The Morgan fingerprint density at radius 1 is 1.33 bits per heavy atom. The molecule has 2 amide bonds. The summed E-state index contributed by atoms with van der Waals surface area (Å²) in [6.07, 6.45) is 1.64. The lowest BCUT2D eigenvalue weighted by Crippen LogP contribution is -2.17. The molecule has 1 fully saturated rings. The predicted octanol–water partition coefficient (Wildman–Crippen LogP) is 1.93. The SMILES string of the molecule is CC(=O)OCC#Cc1ccc(/C=C2\SC(=O)NC2=O)cc1. The molecule has 1 N–H and O–H groups in total. The maximum Gasteiger partial charge on any atom is 0.303 e. The Hall–Kier alpha value is -2.52. The molecule has 0 aromatic heterocycles. The van der Waals surface area contributed by atoms with Gasteiger partial charge < -0.3 is 4.74 Å². The van der Waals surface area contributed by atoms with E-state index in [1.165, 1.54) is 6.92 Å². The van der Waals surface area contributed by atoms with E-state index in [1.54, 1.807) is 30.3 Å². The highest BCUT2D eigenvalue weighted by molar-refractivity contribution is 8.18. The van der Waals surface area contributed by atoms with Gasteiger partial charge in [-0.2, -0.15) is 0 Å². The van der Waals surface area contributed by atoms with Crippen LogP contribution in [0.15, 0.2) is 29.2 Å². The average Bonchev–Trinajstić information content (AvgIpc) is 2.74. The molecule has 0 radical (unpaired) electrons. The molecule has 5 nitrogen and oxygen atoms in total. The third kappa shape index (κ3) is 4.51. The van der Waals surface area contributed by atoms with Gasteiger partial charge in [0.2, 0.25) is 0 Å². The summed E-state index contributed by atoms with van der Waals surface area (Å²) in [5.74, 6) is 4.82. The summed E-state index contributed by atoms with van der Waals surface area (Å²) in [4.78, 5) is 33.4. The average molecular weight is 301 g/mol. The zero-order valence-electron chi connectivity index (χ0n) is 11.1. The molecule has 0 unspecified atom stereocenters. The number of carbonyl (C=O) groups excluding carboxylic acids is 3. The van der Waals surface area contributed by atoms with Gasteiger partial charge in [-0.3, -0.25) is 19.7 Å². The Balaban J connectivity index is 2.02. The van der Waals surface area contributed by atoms with Gasteiger partial charge in [0.05, 0.1) is 4.91 Å². The van der Waals surface area contributed by atoms with Crippen LogP contribution in [0.5, 0.6) is 0 Å². The number of hydrogen-bond donors (Lipinski definition) is 1. The highest BCUT2D eigenvalue weighted by Gasteiger charge is 2.24. The molecule has 1 saturated heterocycles. The molecule has 1 heterocycles. The minimum absolute atomic E-state index is 0.0556. The number of rotatable bonds is 2. The van der Waals surface area contributed by atoms with Crippen molar-refractivity contribution in [2.24, 2.45) is 0 Å². The molecule has 2 rings (SSSR count). The van der Waals surface area contributed by atoms with Crippen LogP contribution in [-0.4, -0.2) is 23.7 Å². The van der Waals surface area contributed by atoms with Crippen LogP contribution in [0, 0.1) is 11.8 Å². The lowest BCUT2D eigenvalue weighted by atomic mass is 10.1. The monoisotopic (exact) mass is 301 g/mol. The number of imide groups is 1. The van der Waals surface area contributed by atoms with E-state index in [0.29, 0.717) is 4.91 Å². The molecule has 0 atom stereocenters. The molecular weight excluding hydrogens is 290 g/mol. The second-order valence-corrected chi connectivity index (χ2v) is 5.07. The highest BCUT2D eigenvalue weighted by Crippen LogP contribution is 2.25. The van der Waals surface area contributed by atoms with Crippen LogP contribution in [0.25, 0.3) is 6.08 Å². The van der Waals surface area contributed by atoms with E-state index in [2.05, 4.69) is 17.2 Å². The van der Waals surface area contributed by atoms with Gasteiger partial charge in [0.25, 0.3) is 11.1 Å². The molecule has 1 aromatic carbocycles. The fourth-order valence-electron chi connectivity index (χ4n) is 1.51. The predicted molar refractivity (Wildman–Crippen MR) is 79.1 cm³/mol. The molecule has 0 saturated carbocycles. The number of amides is 2. The van der Waals surface area contributed by atoms with Gasteiger partial charge in [-0.1, -0.05) is 24.0 Å². The Labute approximate surface area is 125 Å². The topological polar surface area (TPSA) is 72.5 Å². The molecule has 6 heteroatoms. The summed E-state index contributed by atoms with van der Waals surface area (Å²) < 4.78 is 4.70. The van der Waals surface area contributed by atoms with Gasteiger partial charge in [-0.25, -0.2) is 0 Å². The quantitative estimate of drug-likeness (QED) is 0.513. The second kappa shape index (κ2) is 6.77. The van der Waals surface area contributed by atoms with Gasteiger partial charge in [0, 0.05) is 12.5 Å². The van der Waals surface area contributed by atoms with Crippen LogP contribution < -0.4 is 5.32 Å². The number of benzene rings is 1. The maximum atomic E-state index is 11.4. The van der Waals surface area contributed by atoms with Crippen LogP contribution in [0.4, 0.5) is 4.79 Å². The summed E-state index contributed by atoms with van der Waals surface area (Å²) >= 11 is 0.877. The van der Waals surface area contributed by atoms with Crippen molar-refractivity contribution in [1.29, 1.82) is 0 Å². The van der Waals surface area contributed by atoms with Crippen molar-refractivity contribution in [2.75, 3.05) is 6.61 Å². The van der Waals surface area contributed by atoms with Gasteiger partial charge in [0.1, 0.15) is 0 Å². The number of ether oxygens (including phenoxy) is 1. The number of esters is 1. The lowest BCUT2D eigenvalue weighted by Gasteiger charge is -1.96. The molecule has 1 aliphatic heterocycles. The largest absolute Gasteiger partial charge is 0.453 e. The minimum Gasteiger partial charge on any atom is -0.453 e. The smallest absolute Gasteiger partial charge is 0.303 e. The normalized spacial score (nSPS) is 15.4. The number of hydrogen-bond acceptors (Lipinski definition) is 5. The summed E-state index contributed by atoms with van der Waals surface area (Å²) in [6, 6.07) is 7.15. The fraction of sp³-hybridized carbons (Fsp3) is 0.133. The zero-order valence-corrected chi connectivity index (χ0v) is 12.0. The van der Waals surface area contributed by atoms with Crippen molar-refractivity contribution in [3.63, 3.8) is 0 Å². The van der Waals surface area contributed by atoms with Crippen molar-refractivity contribution in [1.82, 2.24) is 5.32 Å². The molecule has 0 aliphatic carbocycles. The first kappa shape index (κ1) is 14.9. The molecular formula is C15H11NO4S. The van der Waals surface area contributed by atoms with E-state index >= 15 is 0 Å². The van der Waals surface area contributed by atoms with E-state index < -0.39 is 0 Å². The first-order valence-electron chi connectivity index (χ1n) is 6.02. The Morgan fingerprint density at radius 2 is 2.05 bits per heavy atom. The molecule has 1 aliphatic rings. The van der Waals surface area contributed by atoms with Crippen LogP contribution in [-0.2, 0) is 14.3 Å². The van der Waals surface area contributed by atoms with E-state index in [4.69, 9.17) is 4.74 Å². The Morgan fingerprint density at radius 3 is 2.62 bits per heavy atom. The van der Waals surface area contributed by atoms with E-state index in [9.17, 15) is 14.4 Å². The summed E-state index contributed by atoms with van der Waals surface area (Å²) in [5.41, 5.74) is 1.57. The van der Waals surface area contributed by atoms with E-state index in [0.717, 1.165) is 22.9 Å². The Bertz CT molecular complexity index is 680. The number of nitrogens with one attached hydrogen (secondary N) is 1. The van der Waals surface area contributed by atoms with Crippen molar-refractivity contribution in [2.45, 2.75) is 6.92 Å². The molecule has 106 valence electrons. The van der Waals surface area contributed by atoms with Crippen LogP contribution in [0.3, 0.4) is 0 Å². The molecule has 0 spiro atoms. The van der Waals surface area contributed by atoms with Crippen LogP contribution >= 0.6 is 11.8 Å². The van der Waals surface area contributed by atoms with Crippen molar-refractivity contribution in [3.05, 3.63) is 40.3 Å². The maximum absolute atomic E-state index is 11.4. The standard InChI is InChI=1S/C15H11NO4S/c1-10(17)20-8-2-3-11-4-6-12(7-5-11)9-13-14(18)16-15(19)21-13/h4-7,9H,8H2,1H3,(H,16,18,19)/b13-9-. The second-order valence-electron chi connectivity index (χ2n) is 4.06. The van der Waals surface area contributed by atoms with Crippen molar-refractivity contribution in [3.8, 4) is 11.8 Å².